The summed E-state index contributed by atoms with van der Waals surface area (Å²) in [5, 5.41) is 0. The molecule has 1 atom stereocenters. The number of allylic oxidation sites excluding steroid dienone is 2. The molecule has 10 rings (SSSR count). The molecule has 0 amide bonds. The van der Waals surface area contributed by atoms with Crippen molar-refractivity contribution >= 4 is 11.1 Å². The molecular formula is C60H46. The van der Waals surface area contributed by atoms with Gasteiger partial charge in [0.2, 0.25) is 0 Å². The van der Waals surface area contributed by atoms with Crippen LogP contribution >= 0.6 is 0 Å². The van der Waals surface area contributed by atoms with Gasteiger partial charge < -0.3 is 0 Å². The Morgan fingerprint density at radius 1 is 0.250 bits per heavy atom. The van der Waals surface area contributed by atoms with Crippen molar-refractivity contribution in [3.8, 4) is 0 Å². The maximum Gasteiger partial charge on any atom is 0.0609 e. The molecule has 9 aromatic rings. The Morgan fingerprint density at radius 2 is 0.533 bits per heavy atom. The van der Waals surface area contributed by atoms with Gasteiger partial charge in [0.25, 0.3) is 0 Å². The van der Waals surface area contributed by atoms with Crippen LogP contribution in [0.15, 0.2) is 273 Å². The molecular weight excluding hydrogens is 721 g/mol. The minimum Gasteiger partial charge on any atom is -0.0622 e. The molecule has 0 fully saturated rings. The van der Waals surface area contributed by atoms with Gasteiger partial charge in [0.15, 0.2) is 0 Å². The Kier molecular flexibility index (Phi) is 9.76. The van der Waals surface area contributed by atoms with Crippen molar-refractivity contribution in [2.24, 2.45) is 0 Å². The zero-order valence-electron chi connectivity index (χ0n) is 33.6. The first-order valence-electron chi connectivity index (χ1n) is 21.1. The van der Waals surface area contributed by atoms with E-state index >= 15 is 0 Å². The van der Waals surface area contributed by atoms with Crippen LogP contribution in [0.3, 0.4) is 0 Å². The van der Waals surface area contributed by atoms with Gasteiger partial charge in [0.1, 0.15) is 0 Å². The van der Waals surface area contributed by atoms with Crippen LogP contribution in [0.4, 0.5) is 0 Å². The standard InChI is InChI=1S/C60H46/c1-10-28-46(29-11-1)55-56(47-30-12-2-13-31-47)58(49-34-16-4-17-35-49,50-36-18-5-19-37-50)60(53-42-24-8-25-43-53,54-44-26-9-27-45-54)59(51-38-20-6-21-39-51,52-40-22-7-23-41-52)57(55)48-32-14-3-15-33-48/h1-45,56H. The summed E-state index contributed by atoms with van der Waals surface area (Å²) in [6, 6.07) is 103. The maximum absolute atomic E-state index is 2.41. The van der Waals surface area contributed by atoms with Crippen molar-refractivity contribution in [1.82, 2.24) is 0 Å². The molecule has 1 unspecified atom stereocenters. The van der Waals surface area contributed by atoms with Gasteiger partial charge in [-0.25, -0.2) is 0 Å². The molecule has 0 aliphatic heterocycles. The lowest BCUT2D eigenvalue weighted by Crippen LogP contribution is -2.68. The second-order valence-electron chi connectivity index (χ2n) is 15.9. The van der Waals surface area contributed by atoms with Crippen molar-refractivity contribution in [3.05, 3.63) is 323 Å². The van der Waals surface area contributed by atoms with E-state index in [9.17, 15) is 0 Å². The second-order valence-corrected chi connectivity index (χ2v) is 15.9. The lowest BCUT2D eigenvalue weighted by atomic mass is 9.31. The SMILES string of the molecule is c1ccc(C2=C(c3ccccc3)C(c3ccccc3)(c3ccccc3)C(c3ccccc3)(c3ccccc3)C(c3ccccc3)(c3ccccc3)C2c2ccccc2)cc1. The van der Waals surface area contributed by atoms with Gasteiger partial charge in [-0.1, -0.05) is 273 Å². The number of rotatable bonds is 9. The van der Waals surface area contributed by atoms with Crippen molar-refractivity contribution < 1.29 is 0 Å². The van der Waals surface area contributed by atoms with Crippen LogP contribution in [-0.4, -0.2) is 0 Å². The minimum absolute atomic E-state index is 0.220. The monoisotopic (exact) mass is 766 g/mol. The maximum atomic E-state index is 2.41. The Balaban J connectivity index is 1.66. The molecule has 9 aromatic carbocycles. The molecule has 286 valence electrons. The highest BCUT2D eigenvalue weighted by Gasteiger charge is 2.73. The van der Waals surface area contributed by atoms with E-state index in [2.05, 4.69) is 273 Å². The molecule has 0 saturated heterocycles. The van der Waals surface area contributed by atoms with Crippen molar-refractivity contribution in [2.75, 3.05) is 0 Å². The molecule has 0 saturated carbocycles. The molecule has 0 radical (unpaired) electrons. The fourth-order valence-electron chi connectivity index (χ4n) is 11.3. The fourth-order valence-corrected chi connectivity index (χ4v) is 11.3. The highest BCUT2D eigenvalue weighted by molar-refractivity contribution is 6.05. The van der Waals surface area contributed by atoms with E-state index < -0.39 is 16.2 Å². The van der Waals surface area contributed by atoms with Crippen LogP contribution < -0.4 is 0 Å². The lowest BCUT2D eigenvalue weighted by Gasteiger charge is -2.69. The van der Waals surface area contributed by atoms with Gasteiger partial charge in [0.05, 0.1) is 10.8 Å². The third-order valence-electron chi connectivity index (χ3n) is 13.1. The molecule has 0 aromatic heterocycles. The number of benzene rings is 9. The van der Waals surface area contributed by atoms with E-state index in [1.54, 1.807) is 0 Å². The minimum atomic E-state index is -0.891. The predicted molar refractivity (Wildman–Crippen MR) is 250 cm³/mol. The average Bonchev–Trinajstić information content (AvgIpc) is 3.35. The Morgan fingerprint density at radius 3 is 0.900 bits per heavy atom. The van der Waals surface area contributed by atoms with Gasteiger partial charge >= 0.3 is 0 Å². The summed E-state index contributed by atoms with van der Waals surface area (Å²) in [5.41, 5.74) is 11.0. The van der Waals surface area contributed by atoms with Crippen molar-refractivity contribution in [2.45, 2.75) is 22.2 Å². The molecule has 0 N–H and O–H groups in total. The molecule has 1 aliphatic rings. The van der Waals surface area contributed by atoms with E-state index in [-0.39, 0.29) is 5.92 Å². The van der Waals surface area contributed by atoms with Crippen LogP contribution in [0.1, 0.15) is 56.0 Å². The van der Waals surface area contributed by atoms with E-state index in [0.717, 1.165) is 0 Å². The predicted octanol–water partition coefficient (Wildman–Crippen LogP) is 14.4. The highest BCUT2D eigenvalue weighted by Crippen LogP contribution is 2.76. The highest BCUT2D eigenvalue weighted by atomic mass is 14.7. The van der Waals surface area contributed by atoms with Crippen LogP contribution in [0, 0.1) is 0 Å². The quantitative estimate of drug-likeness (QED) is 0.137. The zero-order chi connectivity index (χ0) is 40.2. The molecule has 0 heterocycles. The Bertz CT molecular complexity index is 2680. The molecule has 0 bridgehead atoms. The van der Waals surface area contributed by atoms with Crippen LogP contribution in [0.2, 0.25) is 0 Å². The lowest BCUT2D eigenvalue weighted by molar-refractivity contribution is 0.205. The van der Waals surface area contributed by atoms with E-state index in [0.29, 0.717) is 0 Å². The summed E-state index contributed by atoms with van der Waals surface area (Å²) in [4.78, 5) is 0. The first-order chi connectivity index (χ1) is 29.8. The number of hydrogen-bond donors (Lipinski definition) is 0. The Labute approximate surface area is 354 Å². The smallest absolute Gasteiger partial charge is 0.0609 e. The van der Waals surface area contributed by atoms with E-state index in [1.165, 1.54) is 61.2 Å². The van der Waals surface area contributed by atoms with E-state index in [4.69, 9.17) is 0 Å². The van der Waals surface area contributed by atoms with Crippen LogP contribution in [0.25, 0.3) is 11.1 Å². The fraction of sp³-hybridized carbons (Fsp3) is 0.0667. The zero-order valence-corrected chi connectivity index (χ0v) is 33.6. The first-order valence-corrected chi connectivity index (χ1v) is 21.1. The average molecular weight is 767 g/mol. The summed E-state index contributed by atoms with van der Waals surface area (Å²) < 4.78 is 0. The van der Waals surface area contributed by atoms with Gasteiger partial charge in [-0.2, -0.15) is 0 Å². The van der Waals surface area contributed by atoms with E-state index in [1.807, 2.05) is 0 Å². The Hall–Kier alpha value is -7.28. The molecule has 60 heavy (non-hydrogen) atoms. The van der Waals surface area contributed by atoms with Crippen molar-refractivity contribution in [3.63, 3.8) is 0 Å². The largest absolute Gasteiger partial charge is 0.0622 e. The molecule has 0 heteroatoms. The van der Waals surface area contributed by atoms with Gasteiger partial charge in [-0.3, -0.25) is 0 Å². The van der Waals surface area contributed by atoms with Crippen LogP contribution in [-0.2, 0) is 16.2 Å². The summed E-state index contributed by atoms with van der Waals surface area (Å²) in [7, 11) is 0. The number of hydrogen-bond acceptors (Lipinski definition) is 0. The normalized spacial score (nSPS) is 16.5. The molecule has 1 aliphatic carbocycles. The van der Waals surface area contributed by atoms with Gasteiger partial charge in [-0.15, -0.1) is 0 Å². The third-order valence-corrected chi connectivity index (χ3v) is 13.1. The summed E-state index contributed by atoms with van der Waals surface area (Å²) >= 11 is 0. The van der Waals surface area contributed by atoms with Gasteiger partial charge in [0, 0.05) is 11.3 Å². The summed E-state index contributed by atoms with van der Waals surface area (Å²) in [6.07, 6.45) is 0. The van der Waals surface area contributed by atoms with Crippen LogP contribution in [0.5, 0.6) is 0 Å². The topological polar surface area (TPSA) is 0 Å². The first kappa shape index (κ1) is 37.0. The third kappa shape index (κ3) is 5.52. The molecule has 0 nitrogen and oxygen atoms in total. The molecule has 0 spiro atoms. The summed E-state index contributed by atoms with van der Waals surface area (Å²) in [6.45, 7) is 0. The summed E-state index contributed by atoms with van der Waals surface area (Å²) in [5.74, 6) is -0.220. The second kappa shape index (κ2) is 15.8. The van der Waals surface area contributed by atoms with Crippen molar-refractivity contribution in [1.29, 1.82) is 0 Å². The van der Waals surface area contributed by atoms with Gasteiger partial charge in [-0.05, 0) is 61.2 Å².